The van der Waals surface area contributed by atoms with Crippen LogP contribution in [-0.4, -0.2) is 28.2 Å². The molecule has 1 unspecified atom stereocenters. The molecule has 3 rings (SSSR count). The molecule has 0 saturated heterocycles. The number of halogens is 1. The molecule has 0 aliphatic rings. The third-order valence-electron chi connectivity index (χ3n) is 3.54. The molecule has 1 aromatic carbocycles. The molecule has 1 N–H and O–H groups in total. The molecular formula is C17H21ClN4O2S. The van der Waals surface area contributed by atoms with Gasteiger partial charge in [-0.05, 0) is 26.1 Å². The summed E-state index contributed by atoms with van der Waals surface area (Å²) in [6, 6.07) is 10.2. The Hall–Kier alpha value is -1.83. The van der Waals surface area contributed by atoms with Crippen molar-refractivity contribution < 1.29 is 8.94 Å². The zero-order chi connectivity index (χ0) is 16.8. The van der Waals surface area contributed by atoms with Crippen LogP contribution in [0.15, 0.2) is 45.5 Å². The Morgan fingerprint density at radius 1 is 1.16 bits per heavy atom. The minimum atomic E-state index is 0. The van der Waals surface area contributed by atoms with Crippen molar-refractivity contribution in [1.82, 2.24) is 20.4 Å². The Labute approximate surface area is 157 Å². The standard InChI is InChI=1S/C17H20N4O2S.ClH/c1-12(18-2)8-15-20-16(23-21-15)11-24-10-14-9-22-17(19-14)13-6-4-3-5-7-13;/h3-7,9,12,18H,8,10-11H2,1-2H3;1H. The van der Waals surface area contributed by atoms with Gasteiger partial charge in [0.05, 0.1) is 11.4 Å². The van der Waals surface area contributed by atoms with Crippen LogP contribution >= 0.6 is 24.2 Å². The fourth-order valence-electron chi connectivity index (χ4n) is 2.14. The zero-order valence-corrected chi connectivity index (χ0v) is 15.8. The van der Waals surface area contributed by atoms with Crippen LogP contribution in [0.2, 0.25) is 0 Å². The number of aromatic nitrogens is 3. The van der Waals surface area contributed by atoms with Gasteiger partial charge in [-0.1, -0.05) is 23.4 Å². The predicted molar refractivity (Wildman–Crippen MR) is 101 cm³/mol. The number of hydrogen-bond acceptors (Lipinski definition) is 7. The summed E-state index contributed by atoms with van der Waals surface area (Å²) < 4.78 is 10.8. The summed E-state index contributed by atoms with van der Waals surface area (Å²) in [4.78, 5) is 8.90. The van der Waals surface area contributed by atoms with Gasteiger partial charge in [0.25, 0.3) is 0 Å². The van der Waals surface area contributed by atoms with E-state index in [9.17, 15) is 0 Å². The first-order valence-corrected chi connectivity index (χ1v) is 8.96. The molecule has 0 aliphatic carbocycles. The number of oxazole rings is 1. The molecule has 1 atom stereocenters. The molecule has 2 aromatic heterocycles. The van der Waals surface area contributed by atoms with Crippen molar-refractivity contribution in [3.05, 3.63) is 54.0 Å². The Bertz CT molecular complexity index is 763. The lowest BCUT2D eigenvalue weighted by Gasteiger charge is -2.04. The van der Waals surface area contributed by atoms with Gasteiger partial charge in [0.15, 0.2) is 5.82 Å². The summed E-state index contributed by atoms with van der Waals surface area (Å²) in [5, 5.41) is 7.16. The SMILES string of the molecule is CNC(C)Cc1noc(CSCc2coc(-c3ccccc3)n2)n1.Cl. The molecule has 0 radical (unpaired) electrons. The summed E-state index contributed by atoms with van der Waals surface area (Å²) in [5.41, 5.74) is 1.89. The molecule has 0 saturated carbocycles. The highest BCUT2D eigenvalue weighted by Crippen LogP contribution is 2.21. The highest BCUT2D eigenvalue weighted by atomic mass is 35.5. The molecule has 0 fully saturated rings. The van der Waals surface area contributed by atoms with Crippen molar-refractivity contribution in [2.24, 2.45) is 0 Å². The maximum Gasteiger partial charge on any atom is 0.236 e. The van der Waals surface area contributed by atoms with Crippen molar-refractivity contribution in [2.75, 3.05) is 7.05 Å². The molecule has 25 heavy (non-hydrogen) atoms. The van der Waals surface area contributed by atoms with Crippen LogP contribution in [0.1, 0.15) is 24.3 Å². The highest BCUT2D eigenvalue weighted by Gasteiger charge is 2.11. The smallest absolute Gasteiger partial charge is 0.236 e. The average molecular weight is 381 g/mol. The second kappa shape index (κ2) is 9.60. The van der Waals surface area contributed by atoms with E-state index >= 15 is 0 Å². The van der Waals surface area contributed by atoms with E-state index in [2.05, 4.69) is 27.4 Å². The lowest BCUT2D eigenvalue weighted by Crippen LogP contribution is -2.24. The Morgan fingerprint density at radius 2 is 1.96 bits per heavy atom. The topological polar surface area (TPSA) is 77.0 Å². The van der Waals surface area contributed by atoms with Crippen molar-refractivity contribution >= 4 is 24.2 Å². The van der Waals surface area contributed by atoms with Crippen LogP contribution in [0.25, 0.3) is 11.5 Å². The van der Waals surface area contributed by atoms with Gasteiger partial charge in [-0.25, -0.2) is 4.98 Å². The van der Waals surface area contributed by atoms with E-state index in [4.69, 9.17) is 8.94 Å². The number of benzene rings is 1. The van der Waals surface area contributed by atoms with Crippen LogP contribution in [0.3, 0.4) is 0 Å². The normalized spacial score (nSPS) is 11.9. The van der Waals surface area contributed by atoms with Crippen LogP contribution in [-0.2, 0) is 17.9 Å². The first kappa shape index (κ1) is 19.5. The van der Waals surface area contributed by atoms with E-state index in [0.29, 0.717) is 23.6 Å². The van der Waals surface area contributed by atoms with E-state index in [1.54, 1.807) is 18.0 Å². The monoisotopic (exact) mass is 380 g/mol. The molecule has 0 aliphatic heterocycles. The van der Waals surface area contributed by atoms with Crippen molar-refractivity contribution in [3.8, 4) is 11.5 Å². The summed E-state index contributed by atoms with van der Waals surface area (Å²) in [6.07, 6.45) is 2.46. The summed E-state index contributed by atoms with van der Waals surface area (Å²) >= 11 is 1.67. The van der Waals surface area contributed by atoms with E-state index in [1.807, 2.05) is 37.4 Å². The average Bonchev–Trinajstić information content (AvgIpc) is 3.25. The van der Waals surface area contributed by atoms with E-state index in [0.717, 1.165) is 29.3 Å². The Morgan fingerprint density at radius 3 is 2.72 bits per heavy atom. The fraction of sp³-hybridized carbons (Fsp3) is 0.353. The van der Waals surface area contributed by atoms with E-state index in [1.165, 1.54) is 0 Å². The van der Waals surface area contributed by atoms with Gasteiger partial charge < -0.3 is 14.3 Å². The third-order valence-corrected chi connectivity index (χ3v) is 4.49. The summed E-state index contributed by atoms with van der Waals surface area (Å²) in [5.74, 6) is 3.42. The van der Waals surface area contributed by atoms with E-state index in [-0.39, 0.29) is 12.4 Å². The second-order valence-corrected chi connectivity index (χ2v) is 6.49. The van der Waals surface area contributed by atoms with E-state index < -0.39 is 0 Å². The van der Waals surface area contributed by atoms with Crippen LogP contribution < -0.4 is 5.32 Å². The second-order valence-electron chi connectivity index (χ2n) is 5.50. The van der Waals surface area contributed by atoms with Crippen molar-refractivity contribution in [2.45, 2.75) is 30.9 Å². The zero-order valence-electron chi connectivity index (χ0n) is 14.1. The van der Waals surface area contributed by atoms with Crippen LogP contribution in [0, 0.1) is 0 Å². The molecule has 0 spiro atoms. The van der Waals surface area contributed by atoms with Gasteiger partial charge >= 0.3 is 0 Å². The molecule has 8 heteroatoms. The number of hydrogen-bond donors (Lipinski definition) is 1. The summed E-state index contributed by atoms with van der Waals surface area (Å²) in [6.45, 7) is 2.08. The minimum Gasteiger partial charge on any atom is -0.444 e. The third kappa shape index (κ3) is 5.59. The first-order valence-electron chi connectivity index (χ1n) is 7.81. The minimum absolute atomic E-state index is 0. The van der Waals surface area contributed by atoms with Gasteiger partial charge in [0.1, 0.15) is 6.26 Å². The van der Waals surface area contributed by atoms with Gasteiger partial charge in [0, 0.05) is 23.8 Å². The quantitative estimate of drug-likeness (QED) is 0.637. The molecule has 0 amide bonds. The van der Waals surface area contributed by atoms with Crippen LogP contribution in [0.4, 0.5) is 0 Å². The van der Waals surface area contributed by atoms with Crippen molar-refractivity contribution in [3.63, 3.8) is 0 Å². The van der Waals surface area contributed by atoms with Crippen LogP contribution in [0.5, 0.6) is 0 Å². The molecule has 0 bridgehead atoms. The first-order chi connectivity index (χ1) is 11.7. The Balaban J connectivity index is 0.00000225. The number of likely N-dealkylation sites (N-methyl/N-ethyl adjacent to an activating group) is 1. The van der Waals surface area contributed by atoms with Crippen molar-refractivity contribution in [1.29, 1.82) is 0 Å². The maximum atomic E-state index is 5.53. The molecule has 6 nitrogen and oxygen atoms in total. The lowest BCUT2D eigenvalue weighted by molar-refractivity contribution is 0.382. The molecule has 2 heterocycles. The highest BCUT2D eigenvalue weighted by molar-refractivity contribution is 7.97. The molecular weight excluding hydrogens is 360 g/mol. The maximum absolute atomic E-state index is 5.53. The molecule has 3 aromatic rings. The van der Waals surface area contributed by atoms with Gasteiger partial charge in [-0.2, -0.15) is 4.98 Å². The predicted octanol–water partition coefficient (Wildman–Crippen LogP) is 3.73. The van der Waals surface area contributed by atoms with Gasteiger partial charge in [-0.15, -0.1) is 24.2 Å². The number of thioether (sulfide) groups is 1. The lowest BCUT2D eigenvalue weighted by atomic mass is 10.2. The number of nitrogens with one attached hydrogen (secondary N) is 1. The summed E-state index contributed by atoms with van der Waals surface area (Å²) in [7, 11) is 1.92. The number of rotatable bonds is 8. The number of nitrogens with zero attached hydrogens (tertiary/aromatic N) is 3. The fourth-order valence-corrected chi connectivity index (χ4v) is 2.87. The molecule has 134 valence electrons. The van der Waals surface area contributed by atoms with Gasteiger partial charge in [-0.3, -0.25) is 0 Å². The van der Waals surface area contributed by atoms with Gasteiger partial charge in [0.2, 0.25) is 11.8 Å². The largest absolute Gasteiger partial charge is 0.444 e. The Kier molecular flexibility index (Phi) is 7.49.